The number of aromatic nitrogens is 2. The zero-order chi connectivity index (χ0) is 13.4. The Labute approximate surface area is 112 Å². The number of hydrogen-bond donors (Lipinski definition) is 0. The van der Waals surface area contributed by atoms with Gasteiger partial charge in [0.1, 0.15) is 5.69 Å². The Morgan fingerprint density at radius 3 is 2.61 bits per heavy atom. The van der Waals surface area contributed by atoms with Crippen LogP contribution in [0, 0.1) is 5.92 Å². The number of anilines is 1. The van der Waals surface area contributed by atoms with Crippen molar-refractivity contribution in [3.8, 4) is 0 Å². The lowest BCUT2D eigenvalue weighted by molar-refractivity contribution is 0.508. The van der Waals surface area contributed by atoms with Crippen LogP contribution in [0.3, 0.4) is 0 Å². The SMILES string of the molecule is C=C1C(C)=Nc2cnc(Cl)nc2N1C(C)C(C)C. The van der Waals surface area contributed by atoms with Crippen LogP contribution in [-0.2, 0) is 0 Å². The highest BCUT2D eigenvalue weighted by Gasteiger charge is 2.28. The Morgan fingerprint density at radius 2 is 2.00 bits per heavy atom. The normalized spacial score (nSPS) is 16.7. The maximum absolute atomic E-state index is 5.88. The molecule has 1 aromatic rings. The van der Waals surface area contributed by atoms with E-state index in [9.17, 15) is 0 Å². The lowest BCUT2D eigenvalue weighted by Crippen LogP contribution is -2.40. The summed E-state index contributed by atoms with van der Waals surface area (Å²) in [5.74, 6) is 1.21. The molecular weight excluding hydrogens is 248 g/mol. The molecule has 2 rings (SSSR count). The van der Waals surface area contributed by atoms with Crippen LogP contribution in [0.25, 0.3) is 0 Å². The van der Waals surface area contributed by atoms with E-state index in [-0.39, 0.29) is 11.3 Å². The van der Waals surface area contributed by atoms with E-state index in [0.717, 1.165) is 22.9 Å². The first kappa shape index (κ1) is 13.0. The minimum absolute atomic E-state index is 0.234. The van der Waals surface area contributed by atoms with E-state index in [4.69, 9.17) is 11.6 Å². The van der Waals surface area contributed by atoms with Gasteiger partial charge in [-0.15, -0.1) is 0 Å². The number of halogens is 1. The van der Waals surface area contributed by atoms with Crippen molar-refractivity contribution in [3.63, 3.8) is 0 Å². The Balaban J connectivity index is 2.57. The Kier molecular flexibility index (Phi) is 3.39. The van der Waals surface area contributed by atoms with Gasteiger partial charge < -0.3 is 4.90 Å². The van der Waals surface area contributed by atoms with E-state index in [1.165, 1.54) is 0 Å². The fourth-order valence-electron chi connectivity index (χ4n) is 1.89. The molecule has 0 saturated carbocycles. The molecule has 1 aliphatic heterocycles. The van der Waals surface area contributed by atoms with E-state index in [2.05, 4.69) is 47.2 Å². The molecule has 0 N–H and O–H groups in total. The standard InChI is InChI=1S/C13H17ClN4/c1-7(2)9(4)18-10(5)8(3)16-11-6-15-13(14)17-12(11)18/h6-7,9H,5H2,1-4H3. The molecule has 1 aromatic heterocycles. The van der Waals surface area contributed by atoms with Gasteiger partial charge in [0.15, 0.2) is 5.82 Å². The predicted octanol–water partition coefficient (Wildman–Crippen LogP) is 3.60. The number of nitrogens with zero attached hydrogens (tertiary/aromatic N) is 4. The van der Waals surface area contributed by atoms with Crippen molar-refractivity contribution < 1.29 is 0 Å². The van der Waals surface area contributed by atoms with Crippen molar-refractivity contribution in [2.75, 3.05) is 4.90 Å². The molecule has 0 amide bonds. The van der Waals surface area contributed by atoms with Crippen LogP contribution in [-0.4, -0.2) is 21.7 Å². The fourth-order valence-corrected chi connectivity index (χ4v) is 2.01. The maximum Gasteiger partial charge on any atom is 0.224 e. The molecule has 96 valence electrons. The minimum Gasteiger partial charge on any atom is -0.320 e. The molecule has 18 heavy (non-hydrogen) atoms. The van der Waals surface area contributed by atoms with Gasteiger partial charge in [0.2, 0.25) is 5.28 Å². The zero-order valence-corrected chi connectivity index (χ0v) is 11.9. The first-order valence-corrected chi connectivity index (χ1v) is 6.36. The Bertz CT molecular complexity index is 522. The monoisotopic (exact) mass is 264 g/mol. The largest absolute Gasteiger partial charge is 0.320 e. The predicted molar refractivity (Wildman–Crippen MR) is 75.7 cm³/mol. The van der Waals surface area contributed by atoms with Gasteiger partial charge in [-0.3, -0.25) is 0 Å². The fraction of sp³-hybridized carbons (Fsp3) is 0.462. The zero-order valence-electron chi connectivity index (χ0n) is 11.1. The van der Waals surface area contributed by atoms with E-state index in [1.54, 1.807) is 6.20 Å². The topological polar surface area (TPSA) is 41.4 Å². The molecule has 0 aliphatic carbocycles. The number of hydrogen-bond acceptors (Lipinski definition) is 4. The van der Waals surface area contributed by atoms with Crippen LogP contribution >= 0.6 is 11.6 Å². The lowest BCUT2D eigenvalue weighted by Gasteiger charge is -2.36. The molecule has 1 aliphatic rings. The van der Waals surface area contributed by atoms with Gasteiger partial charge in [-0.1, -0.05) is 20.4 Å². The van der Waals surface area contributed by atoms with E-state index < -0.39 is 0 Å². The van der Waals surface area contributed by atoms with Crippen LogP contribution in [0.1, 0.15) is 27.7 Å². The molecular formula is C13H17ClN4. The van der Waals surface area contributed by atoms with Crippen molar-refractivity contribution in [2.24, 2.45) is 10.9 Å². The molecule has 0 spiro atoms. The first-order valence-electron chi connectivity index (χ1n) is 5.98. The van der Waals surface area contributed by atoms with Gasteiger partial charge in [0.25, 0.3) is 0 Å². The number of aliphatic imine (C=N–C) groups is 1. The quantitative estimate of drug-likeness (QED) is 0.767. The summed E-state index contributed by atoms with van der Waals surface area (Å²) in [6.45, 7) is 12.5. The minimum atomic E-state index is 0.234. The van der Waals surface area contributed by atoms with Crippen molar-refractivity contribution in [3.05, 3.63) is 23.8 Å². The summed E-state index contributed by atoms with van der Waals surface area (Å²) >= 11 is 5.88. The third-order valence-corrected chi connectivity index (χ3v) is 3.50. The summed E-state index contributed by atoms with van der Waals surface area (Å²) in [5.41, 5.74) is 2.51. The summed E-state index contributed by atoms with van der Waals surface area (Å²) in [6.07, 6.45) is 1.65. The van der Waals surface area contributed by atoms with Crippen LogP contribution in [0.15, 0.2) is 23.5 Å². The van der Waals surface area contributed by atoms with E-state index in [0.29, 0.717) is 5.92 Å². The first-order chi connectivity index (χ1) is 8.41. The second kappa shape index (κ2) is 4.69. The lowest BCUT2D eigenvalue weighted by atomic mass is 10.0. The Hall–Kier alpha value is -1.42. The smallest absolute Gasteiger partial charge is 0.224 e. The van der Waals surface area contributed by atoms with Gasteiger partial charge in [0.05, 0.1) is 17.6 Å². The highest BCUT2D eigenvalue weighted by molar-refractivity contribution is 6.28. The molecule has 5 heteroatoms. The second-order valence-electron chi connectivity index (χ2n) is 4.85. The van der Waals surface area contributed by atoms with E-state index in [1.807, 2.05) is 6.92 Å². The Morgan fingerprint density at radius 1 is 1.33 bits per heavy atom. The molecule has 0 fully saturated rings. The molecule has 0 bridgehead atoms. The van der Waals surface area contributed by atoms with Gasteiger partial charge in [-0.05, 0) is 31.4 Å². The third-order valence-electron chi connectivity index (χ3n) is 3.32. The second-order valence-corrected chi connectivity index (χ2v) is 5.18. The van der Waals surface area contributed by atoms with Crippen molar-refractivity contribution in [1.82, 2.24) is 9.97 Å². The molecule has 2 heterocycles. The highest BCUT2D eigenvalue weighted by atomic mass is 35.5. The molecule has 4 nitrogen and oxygen atoms in total. The summed E-state index contributed by atoms with van der Waals surface area (Å²) in [4.78, 5) is 14.8. The number of fused-ring (bicyclic) bond motifs is 1. The molecule has 1 atom stereocenters. The third kappa shape index (κ3) is 2.12. The summed E-state index contributed by atoms with van der Waals surface area (Å²) in [7, 11) is 0. The van der Waals surface area contributed by atoms with Crippen LogP contribution in [0.4, 0.5) is 11.5 Å². The highest BCUT2D eigenvalue weighted by Crippen LogP contribution is 2.36. The van der Waals surface area contributed by atoms with Gasteiger partial charge >= 0.3 is 0 Å². The summed E-state index contributed by atoms with van der Waals surface area (Å²) in [6, 6.07) is 0.271. The number of rotatable bonds is 2. The summed E-state index contributed by atoms with van der Waals surface area (Å²) < 4.78 is 0. The van der Waals surface area contributed by atoms with Crippen LogP contribution < -0.4 is 4.90 Å². The average Bonchev–Trinajstić information content (AvgIpc) is 2.31. The van der Waals surface area contributed by atoms with Crippen molar-refractivity contribution in [2.45, 2.75) is 33.7 Å². The van der Waals surface area contributed by atoms with Crippen LogP contribution in [0.5, 0.6) is 0 Å². The van der Waals surface area contributed by atoms with Crippen molar-refractivity contribution in [1.29, 1.82) is 0 Å². The molecule has 0 radical (unpaired) electrons. The molecule has 0 aromatic carbocycles. The average molecular weight is 265 g/mol. The summed E-state index contributed by atoms with van der Waals surface area (Å²) in [5, 5.41) is 0.234. The van der Waals surface area contributed by atoms with Gasteiger partial charge in [-0.2, -0.15) is 4.98 Å². The maximum atomic E-state index is 5.88. The molecule has 0 saturated heterocycles. The van der Waals surface area contributed by atoms with Crippen molar-refractivity contribution >= 4 is 28.8 Å². The van der Waals surface area contributed by atoms with Crippen LogP contribution in [0.2, 0.25) is 5.28 Å². The van der Waals surface area contributed by atoms with Gasteiger partial charge in [0, 0.05) is 6.04 Å². The number of allylic oxidation sites excluding steroid dienone is 1. The van der Waals surface area contributed by atoms with E-state index >= 15 is 0 Å². The van der Waals surface area contributed by atoms with Gasteiger partial charge in [-0.25, -0.2) is 9.98 Å². The molecule has 1 unspecified atom stereocenters.